The number of carbonyl (C=O) groups is 1. The molecule has 0 radical (unpaired) electrons. The average Bonchev–Trinajstić information content (AvgIpc) is 2.30. The van der Waals surface area contributed by atoms with Crippen molar-refractivity contribution in [1.82, 2.24) is 4.90 Å². The molecule has 4 heteroatoms. The van der Waals surface area contributed by atoms with Crippen LogP contribution in [0.4, 0.5) is 0 Å². The molecule has 0 spiro atoms. The molecule has 0 saturated carbocycles. The highest BCUT2D eigenvalue weighted by Gasteiger charge is 2.26. The third kappa shape index (κ3) is 2.86. The number of nitrogens with zero attached hydrogens (tertiary/aromatic N) is 1. The molecule has 98 valence electrons. The van der Waals surface area contributed by atoms with E-state index in [2.05, 4.69) is 29.8 Å². The lowest BCUT2D eigenvalue weighted by Gasteiger charge is -2.35. The molecule has 3 nitrogen and oxygen atoms in total. The Morgan fingerprint density at radius 1 is 1.33 bits per heavy atom. The summed E-state index contributed by atoms with van der Waals surface area (Å²) in [6.45, 7) is 5.96. The summed E-state index contributed by atoms with van der Waals surface area (Å²) in [5, 5.41) is 9.63. The molecule has 1 aromatic carbocycles. The van der Waals surface area contributed by atoms with Gasteiger partial charge >= 0.3 is 0 Å². The zero-order chi connectivity index (χ0) is 13.3. The lowest BCUT2D eigenvalue weighted by molar-refractivity contribution is 0.0622. The molecular weight excluding hydrogens is 294 g/mol. The van der Waals surface area contributed by atoms with Gasteiger partial charge in [0.1, 0.15) is 5.75 Å². The van der Waals surface area contributed by atoms with Gasteiger partial charge in [0.05, 0.1) is 4.47 Å². The van der Waals surface area contributed by atoms with E-state index in [1.165, 1.54) is 12.5 Å². The van der Waals surface area contributed by atoms with Gasteiger partial charge < -0.3 is 10.0 Å². The number of aromatic hydroxyl groups is 1. The van der Waals surface area contributed by atoms with Crippen LogP contribution in [-0.4, -0.2) is 29.0 Å². The van der Waals surface area contributed by atoms with Gasteiger partial charge in [0.25, 0.3) is 5.91 Å². The fourth-order valence-electron chi connectivity index (χ4n) is 2.66. The van der Waals surface area contributed by atoms with Gasteiger partial charge in [0, 0.05) is 18.7 Å². The largest absolute Gasteiger partial charge is 0.507 e. The molecule has 1 aliphatic rings. The lowest BCUT2D eigenvalue weighted by atomic mass is 9.91. The van der Waals surface area contributed by atoms with Crippen LogP contribution in [0.25, 0.3) is 0 Å². The van der Waals surface area contributed by atoms with Gasteiger partial charge in [-0.1, -0.05) is 13.8 Å². The number of piperidine rings is 1. The number of rotatable bonds is 1. The number of hydrogen-bond donors (Lipinski definition) is 1. The predicted octanol–water partition coefficient (Wildman–Crippen LogP) is 3.27. The van der Waals surface area contributed by atoms with Crippen LogP contribution in [0.15, 0.2) is 22.7 Å². The SMILES string of the molecule is CC1CC(C)CN(C(=O)c2ccc(Br)c(O)c2)C1. The Morgan fingerprint density at radius 2 is 1.94 bits per heavy atom. The Hall–Kier alpha value is -1.03. The second-order valence-corrected chi connectivity index (χ2v) is 6.18. The minimum atomic E-state index is 0.0104. The highest BCUT2D eigenvalue weighted by molar-refractivity contribution is 9.10. The van der Waals surface area contributed by atoms with Crippen molar-refractivity contribution in [2.45, 2.75) is 20.3 Å². The first kappa shape index (κ1) is 13.4. The Morgan fingerprint density at radius 3 is 2.50 bits per heavy atom. The fourth-order valence-corrected chi connectivity index (χ4v) is 2.90. The maximum atomic E-state index is 12.4. The van der Waals surface area contributed by atoms with Crippen molar-refractivity contribution in [1.29, 1.82) is 0 Å². The van der Waals surface area contributed by atoms with Crippen molar-refractivity contribution in [3.63, 3.8) is 0 Å². The number of amides is 1. The van der Waals surface area contributed by atoms with E-state index in [4.69, 9.17) is 0 Å². The van der Waals surface area contributed by atoms with Crippen molar-refractivity contribution in [2.75, 3.05) is 13.1 Å². The van der Waals surface area contributed by atoms with Gasteiger partial charge in [0.15, 0.2) is 0 Å². The Bertz CT molecular complexity index is 451. The standard InChI is InChI=1S/C14H18BrNO2/c1-9-5-10(2)8-16(7-9)14(18)11-3-4-12(15)13(17)6-11/h3-4,6,9-10,17H,5,7-8H2,1-2H3. The number of benzene rings is 1. The molecule has 18 heavy (non-hydrogen) atoms. The van der Waals surface area contributed by atoms with Gasteiger partial charge in [0.2, 0.25) is 0 Å². The normalized spacial score (nSPS) is 24.1. The summed E-state index contributed by atoms with van der Waals surface area (Å²) in [5.74, 6) is 1.21. The van der Waals surface area contributed by atoms with Crippen molar-refractivity contribution < 1.29 is 9.90 Å². The quantitative estimate of drug-likeness (QED) is 0.864. The van der Waals surface area contributed by atoms with Crippen LogP contribution in [0.1, 0.15) is 30.6 Å². The molecule has 0 bridgehead atoms. The monoisotopic (exact) mass is 311 g/mol. The number of hydrogen-bond acceptors (Lipinski definition) is 2. The predicted molar refractivity (Wildman–Crippen MR) is 74.7 cm³/mol. The summed E-state index contributed by atoms with van der Waals surface area (Å²) in [5.41, 5.74) is 0.553. The van der Waals surface area contributed by atoms with Crippen molar-refractivity contribution in [2.24, 2.45) is 11.8 Å². The van der Waals surface area contributed by atoms with Crippen LogP contribution in [0.2, 0.25) is 0 Å². The minimum Gasteiger partial charge on any atom is -0.507 e. The first-order chi connectivity index (χ1) is 8.47. The zero-order valence-corrected chi connectivity index (χ0v) is 12.3. The Kier molecular flexibility index (Phi) is 3.95. The second-order valence-electron chi connectivity index (χ2n) is 5.32. The van der Waals surface area contributed by atoms with Gasteiger partial charge in [-0.2, -0.15) is 0 Å². The highest BCUT2D eigenvalue weighted by Crippen LogP contribution is 2.27. The first-order valence-electron chi connectivity index (χ1n) is 6.25. The molecule has 1 aromatic rings. The molecule has 0 aromatic heterocycles. The summed E-state index contributed by atoms with van der Waals surface area (Å²) < 4.78 is 0.611. The molecule has 1 amide bonds. The number of phenolic OH excluding ortho intramolecular Hbond substituents is 1. The zero-order valence-electron chi connectivity index (χ0n) is 10.7. The van der Waals surface area contributed by atoms with Crippen molar-refractivity contribution in [3.8, 4) is 5.75 Å². The number of halogens is 1. The van der Waals surface area contributed by atoms with E-state index in [0.29, 0.717) is 21.9 Å². The summed E-state index contributed by atoms with van der Waals surface area (Å²) >= 11 is 3.22. The van der Waals surface area contributed by atoms with Crippen LogP contribution in [0, 0.1) is 11.8 Å². The summed E-state index contributed by atoms with van der Waals surface area (Å²) in [6, 6.07) is 4.98. The smallest absolute Gasteiger partial charge is 0.254 e. The number of phenols is 1. The van der Waals surface area contributed by atoms with E-state index >= 15 is 0 Å². The Balaban J connectivity index is 2.17. The highest BCUT2D eigenvalue weighted by atomic mass is 79.9. The van der Waals surface area contributed by atoms with Gasteiger partial charge in [-0.05, 0) is 52.4 Å². The number of likely N-dealkylation sites (tertiary alicyclic amines) is 1. The van der Waals surface area contributed by atoms with E-state index in [9.17, 15) is 9.90 Å². The molecular formula is C14H18BrNO2. The molecule has 1 aliphatic heterocycles. The minimum absolute atomic E-state index is 0.0104. The van der Waals surface area contributed by atoms with Gasteiger partial charge in [-0.25, -0.2) is 0 Å². The van der Waals surface area contributed by atoms with Gasteiger partial charge in [-0.3, -0.25) is 4.79 Å². The Labute approximate surface area is 116 Å². The van der Waals surface area contributed by atoms with E-state index in [0.717, 1.165) is 13.1 Å². The second kappa shape index (κ2) is 5.31. The maximum absolute atomic E-state index is 12.4. The topological polar surface area (TPSA) is 40.5 Å². The average molecular weight is 312 g/mol. The van der Waals surface area contributed by atoms with Crippen LogP contribution >= 0.6 is 15.9 Å². The molecule has 1 saturated heterocycles. The third-order valence-electron chi connectivity index (χ3n) is 3.35. The molecule has 1 heterocycles. The molecule has 0 aliphatic carbocycles. The van der Waals surface area contributed by atoms with E-state index in [1.807, 2.05) is 4.90 Å². The van der Waals surface area contributed by atoms with Crippen LogP contribution < -0.4 is 0 Å². The van der Waals surface area contributed by atoms with E-state index in [1.54, 1.807) is 12.1 Å². The first-order valence-corrected chi connectivity index (χ1v) is 7.04. The lowest BCUT2D eigenvalue weighted by Crippen LogP contribution is -2.42. The molecule has 2 unspecified atom stereocenters. The summed E-state index contributed by atoms with van der Waals surface area (Å²) in [6.07, 6.45) is 1.18. The van der Waals surface area contributed by atoms with E-state index < -0.39 is 0 Å². The van der Waals surface area contributed by atoms with Crippen LogP contribution in [0.3, 0.4) is 0 Å². The van der Waals surface area contributed by atoms with Gasteiger partial charge in [-0.15, -0.1) is 0 Å². The number of carbonyl (C=O) groups excluding carboxylic acids is 1. The molecule has 1 N–H and O–H groups in total. The maximum Gasteiger partial charge on any atom is 0.254 e. The van der Waals surface area contributed by atoms with Crippen LogP contribution in [-0.2, 0) is 0 Å². The van der Waals surface area contributed by atoms with E-state index in [-0.39, 0.29) is 11.7 Å². The molecule has 1 fully saturated rings. The van der Waals surface area contributed by atoms with Crippen molar-refractivity contribution in [3.05, 3.63) is 28.2 Å². The molecule has 2 atom stereocenters. The summed E-state index contributed by atoms with van der Waals surface area (Å²) in [4.78, 5) is 14.2. The fraction of sp³-hybridized carbons (Fsp3) is 0.500. The van der Waals surface area contributed by atoms with Crippen molar-refractivity contribution >= 4 is 21.8 Å². The molecule has 2 rings (SSSR count). The summed E-state index contributed by atoms with van der Waals surface area (Å²) in [7, 11) is 0. The third-order valence-corrected chi connectivity index (χ3v) is 4.02. The van der Waals surface area contributed by atoms with Crippen LogP contribution in [0.5, 0.6) is 5.75 Å².